The lowest BCUT2D eigenvalue weighted by atomic mass is 9.87. The van der Waals surface area contributed by atoms with Crippen LogP contribution in [0.1, 0.15) is 52.4 Å². The minimum absolute atomic E-state index is 0.00877. The molecule has 1 aromatic heterocycles. The van der Waals surface area contributed by atoms with Gasteiger partial charge in [0, 0.05) is 19.0 Å². The maximum absolute atomic E-state index is 12.1. The van der Waals surface area contributed by atoms with Crippen LogP contribution in [0.3, 0.4) is 0 Å². The lowest BCUT2D eigenvalue weighted by Gasteiger charge is -2.26. The highest BCUT2D eigenvalue weighted by Gasteiger charge is 2.34. The fourth-order valence-electron chi connectivity index (χ4n) is 3.04. The molecule has 0 saturated heterocycles. The van der Waals surface area contributed by atoms with Crippen LogP contribution in [0.4, 0.5) is 5.13 Å². The first-order valence-corrected chi connectivity index (χ1v) is 10.4. The number of nitrogens with one attached hydrogen (secondary N) is 1. The van der Waals surface area contributed by atoms with E-state index in [-0.39, 0.29) is 17.9 Å². The van der Waals surface area contributed by atoms with Crippen LogP contribution in [-0.4, -0.2) is 39.8 Å². The van der Waals surface area contributed by atoms with Crippen LogP contribution in [0.5, 0.6) is 0 Å². The molecule has 8 heteroatoms. The Morgan fingerprint density at radius 1 is 1.21 bits per heavy atom. The topological polar surface area (TPSA) is 75.2 Å². The first kappa shape index (κ1) is 17.7. The molecule has 0 radical (unpaired) electrons. The summed E-state index contributed by atoms with van der Waals surface area (Å²) in [5.74, 6) is 1.20. The van der Waals surface area contributed by atoms with Crippen molar-refractivity contribution in [2.45, 2.75) is 68.8 Å². The Hall–Kier alpha value is -1.15. The van der Waals surface area contributed by atoms with Crippen LogP contribution >= 0.6 is 23.1 Å². The first-order chi connectivity index (χ1) is 11.5. The van der Waals surface area contributed by atoms with Gasteiger partial charge < -0.3 is 5.32 Å². The second-order valence-electron chi connectivity index (χ2n) is 6.78. The van der Waals surface area contributed by atoms with Crippen molar-refractivity contribution in [3.63, 3.8) is 0 Å². The van der Waals surface area contributed by atoms with Crippen molar-refractivity contribution in [3.05, 3.63) is 0 Å². The third-order valence-electron chi connectivity index (χ3n) is 4.56. The van der Waals surface area contributed by atoms with Crippen LogP contribution in [0.2, 0.25) is 0 Å². The molecule has 24 heavy (non-hydrogen) atoms. The van der Waals surface area contributed by atoms with Crippen molar-refractivity contribution < 1.29 is 9.59 Å². The third-order valence-corrected chi connectivity index (χ3v) is 6.62. The zero-order valence-corrected chi connectivity index (χ0v) is 15.8. The fourth-order valence-corrected chi connectivity index (χ4v) is 4.81. The number of carbonyl (C=O) groups is 2. The van der Waals surface area contributed by atoms with Crippen LogP contribution in [0.25, 0.3) is 0 Å². The maximum atomic E-state index is 12.1. The van der Waals surface area contributed by atoms with E-state index in [1.165, 1.54) is 35.9 Å². The molecule has 2 amide bonds. The summed E-state index contributed by atoms with van der Waals surface area (Å²) in [6, 6.07) is 0.604. The van der Waals surface area contributed by atoms with Gasteiger partial charge in [-0.3, -0.25) is 14.5 Å². The van der Waals surface area contributed by atoms with Crippen LogP contribution in [0, 0.1) is 5.92 Å². The Labute approximate surface area is 150 Å². The largest absolute Gasteiger partial charge is 0.353 e. The molecule has 2 aliphatic carbocycles. The van der Waals surface area contributed by atoms with Gasteiger partial charge in [0.2, 0.25) is 16.9 Å². The zero-order valence-electron chi connectivity index (χ0n) is 14.2. The van der Waals surface area contributed by atoms with Gasteiger partial charge in [0.15, 0.2) is 4.34 Å². The molecule has 2 fully saturated rings. The molecule has 2 saturated carbocycles. The van der Waals surface area contributed by atoms with Crippen LogP contribution in [0.15, 0.2) is 4.34 Å². The van der Waals surface area contributed by atoms with Crippen molar-refractivity contribution in [2.24, 2.45) is 5.92 Å². The Kier molecular flexibility index (Phi) is 5.76. The van der Waals surface area contributed by atoms with Gasteiger partial charge in [0.1, 0.15) is 0 Å². The molecular formula is C16H24N4O2S2. The summed E-state index contributed by atoms with van der Waals surface area (Å²) in [5, 5.41) is 12.0. The zero-order chi connectivity index (χ0) is 17.1. The predicted molar refractivity (Wildman–Crippen MR) is 96.4 cm³/mol. The normalized spacial score (nSPS) is 23.8. The average molecular weight is 369 g/mol. The highest BCUT2D eigenvalue weighted by atomic mass is 32.2. The number of rotatable bonds is 6. The molecule has 0 unspecified atom stereocenters. The molecule has 1 aromatic rings. The summed E-state index contributed by atoms with van der Waals surface area (Å²) in [7, 11) is 0. The summed E-state index contributed by atoms with van der Waals surface area (Å²) in [6.45, 7) is 3.83. The van der Waals surface area contributed by atoms with Crippen molar-refractivity contribution >= 4 is 40.0 Å². The van der Waals surface area contributed by atoms with E-state index < -0.39 is 0 Å². The standard InChI is InChI=1S/C16H24N4O2S2/c1-10-3-5-12(6-4-10)17-14(22)9-23-16-19-18-15(24-16)20(11(2)21)13-7-8-13/h10,12-13H,3-9H2,1-2H3,(H,17,22). The quantitative estimate of drug-likeness (QED) is 0.617. The minimum atomic E-state index is 0.00877. The molecule has 2 aliphatic rings. The SMILES string of the molecule is CC(=O)N(c1nnc(SCC(=O)NC2CCC(C)CC2)s1)C1CC1. The lowest BCUT2D eigenvalue weighted by Crippen LogP contribution is -2.38. The Bertz CT molecular complexity index is 595. The van der Waals surface area contributed by atoms with Gasteiger partial charge in [-0.1, -0.05) is 30.0 Å². The van der Waals surface area contributed by atoms with E-state index in [0.717, 1.165) is 35.9 Å². The van der Waals surface area contributed by atoms with E-state index in [9.17, 15) is 9.59 Å². The number of hydrogen-bond donors (Lipinski definition) is 1. The number of aromatic nitrogens is 2. The first-order valence-electron chi connectivity index (χ1n) is 8.58. The molecule has 1 heterocycles. The maximum Gasteiger partial charge on any atom is 0.230 e. The molecule has 132 valence electrons. The van der Waals surface area contributed by atoms with Crippen molar-refractivity contribution in [2.75, 3.05) is 10.7 Å². The van der Waals surface area contributed by atoms with Gasteiger partial charge >= 0.3 is 0 Å². The molecule has 0 bridgehead atoms. The number of nitrogens with zero attached hydrogens (tertiary/aromatic N) is 3. The van der Waals surface area contributed by atoms with Crippen molar-refractivity contribution in [1.29, 1.82) is 0 Å². The van der Waals surface area contributed by atoms with E-state index in [1.54, 1.807) is 11.8 Å². The van der Waals surface area contributed by atoms with Gasteiger partial charge in [0.05, 0.1) is 5.75 Å². The second-order valence-corrected chi connectivity index (χ2v) is 8.96. The Balaban J connectivity index is 1.46. The number of anilines is 1. The van der Waals surface area contributed by atoms with Gasteiger partial charge in [0.25, 0.3) is 0 Å². The third kappa shape index (κ3) is 4.69. The van der Waals surface area contributed by atoms with E-state index in [2.05, 4.69) is 22.4 Å². The monoisotopic (exact) mass is 368 g/mol. The number of amides is 2. The second kappa shape index (κ2) is 7.82. The fraction of sp³-hybridized carbons (Fsp3) is 0.750. The molecule has 6 nitrogen and oxygen atoms in total. The summed E-state index contributed by atoms with van der Waals surface area (Å²) in [5.41, 5.74) is 0. The van der Waals surface area contributed by atoms with E-state index in [1.807, 2.05) is 0 Å². The summed E-state index contributed by atoms with van der Waals surface area (Å²) < 4.78 is 0.740. The van der Waals surface area contributed by atoms with Crippen LogP contribution in [-0.2, 0) is 9.59 Å². The van der Waals surface area contributed by atoms with E-state index in [4.69, 9.17) is 0 Å². The van der Waals surface area contributed by atoms with Gasteiger partial charge in [-0.2, -0.15) is 0 Å². The highest BCUT2D eigenvalue weighted by molar-refractivity contribution is 8.01. The van der Waals surface area contributed by atoms with Crippen molar-refractivity contribution in [1.82, 2.24) is 15.5 Å². The predicted octanol–water partition coefficient (Wildman–Crippen LogP) is 2.84. The highest BCUT2D eigenvalue weighted by Crippen LogP contribution is 2.35. The Morgan fingerprint density at radius 3 is 2.54 bits per heavy atom. The van der Waals surface area contributed by atoms with E-state index in [0.29, 0.717) is 16.9 Å². The lowest BCUT2D eigenvalue weighted by molar-refractivity contribution is -0.119. The Morgan fingerprint density at radius 2 is 1.92 bits per heavy atom. The molecule has 0 atom stereocenters. The average Bonchev–Trinajstić information content (AvgIpc) is 3.25. The molecular weight excluding hydrogens is 344 g/mol. The number of hydrogen-bond acceptors (Lipinski definition) is 6. The van der Waals surface area contributed by atoms with E-state index >= 15 is 0 Å². The minimum Gasteiger partial charge on any atom is -0.353 e. The van der Waals surface area contributed by atoms with Crippen molar-refractivity contribution in [3.8, 4) is 0 Å². The van der Waals surface area contributed by atoms with Gasteiger partial charge in [-0.05, 0) is 44.4 Å². The molecule has 0 aromatic carbocycles. The molecule has 0 spiro atoms. The smallest absolute Gasteiger partial charge is 0.230 e. The van der Waals surface area contributed by atoms with Gasteiger partial charge in [-0.25, -0.2) is 0 Å². The number of thioether (sulfide) groups is 1. The van der Waals surface area contributed by atoms with Crippen LogP contribution < -0.4 is 10.2 Å². The number of carbonyl (C=O) groups excluding carboxylic acids is 2. The van der Waals surface area contributed by atoms with Gasteiger partial charge in [-0.15, -0.1) is 10.2 Å². The molecule has 1 N–H and O–H groups in total. The summed E-state index contributed by atoms with van der Waals surface area (Å²) >= 11 is 2.79. The molecule has 0 aliphatic heterocycles. The summed E-state index contributed by atoms with van der Waals surface area (Å²) in [4.78, 5) is 25.6. The molecule has 3 rings (SSSR count). The summed E-state index contributed by atoms with van der Waals surface area (Å²) in [6.07, 6.45) is 6.61.